The monoisotopic (exact) mass is 322 g/mol. The lowest BCUT2D eigenvalue weighted by atomic mass is 10.2. The molecule has 18 heavy (non-hydrogen) atoms. The molecule has 1 unspecified atom stereocenters. The number of carbonyl (C=O) groups is 1. The molecule has 2 heterocycles. The second-order valence-electron chi connectivity index (χ2n) is 3.78. The van der Waals surface area contributed by atoms with Crippen LogP contribution in [0.15, 0.2) is 12.1 Å². The third kappa shape index (κ3) is 4.23. The van der Waals surface area contributed by atoms with Gasteiger partial charge in [-0.2, -0.15) is 23.5 Å². The van der Waals surface area contributed by atoms with Crippen molar-refractivity contribution in [3.05, 3.63) is 28.0 Å². The van der Waals surface area contributed by atoms with E-state index in [-0.39, 0.29) is 16.2 Å². The van der Waals surface area contributed by atoms with Gasteiger partial charge in [0.2, 0.25) is 0 Å². The van der Waals surface area contributed by atoms with Gasteiger partial charge in [0.15, 0.2) is 0 Å². The van der Waals surface area contributed by atoms with Crippen LogP contribution in [0.25, 0.3) is 0 Å². The molecule has 0 radical (unpaired) electrons. The summed E-state index contributed by atoms with van der Waals surface area (Å²) in [6.07, 6.45) is 0. The van der Waals surface area contributed by atoms with E-state index in [9.17, 15) is 4.79 Å². The van der Waals surface area contributed by atoms with E-state index < -0.39 is 0 Å². The van der Waals surface area contributed by atoms with Crippen molar-refractivity contribution in [2.45, 2.75) is 5.25 Å². The summed E-state index contributed by atoms with van der Waals surface area (Å²) in [5.41, 5.74) is 0.452. The predicted octanol–water partition coefficient (Wildman–Crippen LogP) is 2.97. The van der Waals surface area contributed by atoms with Gasteiger partial charge in [-0.25, -0.2) is 4.98 Å². The van der Waals surface area contributed by atoms with Gasteiger partial charge in [-0.15, -0.1) is 0 Å². The number of amides is 1. The summed E-state index contributed by atoms with van der Waals surface area (Å²) in [7, 11) is 0. The zero-order valence-corrected chi connectivity index (χ0v) is 12.6. The van der Waals surface area contributed by atoms with Crippen molar-refractivity contribution in [1.82, 2.24) is 10.3 Å². The lowest BCUT2D eigenvalue weighted by molar-refractivity contribution is 0.0954. The Kier molecular flexibility index (Phi) is 5.48. The van der Waals surface area contributed by atoms with E-state index in [1.54, 1.807) is 0 Å². The lowest BCUT2D eigenvalue weighted by Crippen LogP contribution is -2.33. The van der Waals surface area contributed by atoms with Gasteiger partial charge < -0.3 is 5.32 Å². The highest BCUT2D eigenvalue weighted by molar-refractivity contribution is 8.06. The Balaban J connectivity index is 1.90. The van der Waals surface area contributed by atoms with Gasteiger partial charge >= 0.3 is 0 Å². The number of halogens is 2. The summed E-state index contributed by atoms with van der Waals surface area (Å²) < 4.78 is 0. The Hall–Kier alpha value is -0.100. The molecular formula is C11H12Cl2N2OS2. The van der Waals surface area contributed by atoms with Gasteiger partial charge in [-0.05, 0) is 12.1 Å². The summed E-state index contributed by atoms with van der Waals surface area (Å²) in [6, 6.07) is 3.04. The molecule has 1 aromatic rings. The second kappa shape index (κ2) is 6.89. The number of thioether (sulfide) groups is 2. The predicted molar refractivity (Wildman–Crippen MR) is 80.2 cm³/mol. The van der Waals surface area contributed by atoms with Crippen molar-refractivity contribution in [2.75, 3.05) is 23.8 Å². The Morgan fingerprint density at radius 2 is 2.11 bits per heavy atom. The summed E-state index contributed by atoms with van der Waals surface area (Å²) in [4.78, 5) is 15.7. The maximum absolute atomic E-state index is 11.9. The average Bonchev–Trinajstić information content (AvgIpc) is 2.36. The molecule has 1 N–H and O–H groups in total. The zero-order chi connectivity index (χ0) is 13.0. The van der Waals surface area contributed by atoms with E-state index >= 15 is 0 Å². The number of carbonyl (C=O) groups excluding carboxylic acids is 1. The van der Waals surface area contributed by atoms with Crippen LogP contribution in [0.4, 0.5) is 0 Å². The Labute approximate surface area is 124 Å². The first-order valence-electron chi connectivity index (χ1n) is 5.46. The molecule has 1 atom stereocenters. The van der Waals surface area contributed by atoms with Crippen molar-refractivity contribution in [2.24, 2.45) is 0 Å². The number of rotatable bonds is 3. The largest absolute Gasteiger partial charge is 0.351 e. The summed E-state index contributed by atoms with van der Waals surface area (Å²) in [5, 5.41) is 3.85. The van der Waals surface area contributed by atoms with Crippen LogP contribution in [0.3, 0.4) is 0 Å². The number of aromatic nitrogens is 1. The number of nitrogens with zero attached hydrogens (tertiary/aromatic N) is 1. The molecule has 98 valence electrons. The number of hydrogen-bond donors (Lipinski definition) is 1. The van der Waals surface area contributed by atoms with E-state index in [0.717, 1.165) is 11.5 Å². The topological polar surface area (TPSA) is 42.0 Å². The molecule has 0 bridgehead atoms. The van der Waals surface area contributed by atoms with Crippen molar-refractivity contribution in [1.29, 1.82) is 0 Å². The van der Waals surface area contributed by atoms with Gasteiger partial charge in [-0.3, -0.25) is 4.79 Å². The highest BCUT2D eigenvalue weighted by Gasteiger charge is 2.16. The summed E-state index contributed by atoms with van der Waals surface area (Å²) >= 11 is 15.4. The van der Waals surface area contributed by atoms with Crippen LogP contribution in [-0.2, 0) is 0 Å². The van der Waals surface area contributed by atoms with Gasteiger partial charge in [0.1, 0.15) is 10.3 Å². The highest BCUT2D eigenvalue weighted by Crippen LogP contribution is 2.23. The normalized spacial score (nSPS) is 19.6. The first kappa shape index (κ1) is 14.3. The van der Waals surface area contributed by atoms with E-state index in [1.807, 2.05) is 23.5 Å². The number of pyridine rings is 1. The fraction of sp³-hybridized carbons (Fsp3) is 0.455. The van der Waals surface area contributed by atoms with E-state index in [2.05, 4.69) is 10.3 Å². The van der Waals surface area contributed by atoms with Crippen LogP contribution < -0.4 is 5.32 Å². The highest BCUT2D eigenvalue weighted by atomic mass is 35.5. The molecule has 0 aromatic carbocycles. The summed E-state index contributed by atoms with van der Waals surface area (Å²) in [5.74, 6) is 3.28. The standard InChI is InChI=1S/C11H12Cl2N2OS2/c12-9-3-7(4-10(13)15-9)11(16)14-5-8-6-17-1-2-18-8/h3-4,8H,1-2,5-6H2,(H,14,16). The molecule has 0 spiro atoms. The first-order valence-corrected chi connectivity index (χ1v) is 8.42. The zero-order valence-electron chi connectivity index (χ0n) is 9.49. The van der Waals surface area contributed by atoms with Crippen LogP contribution in [0, 0.1) is 0 Å². The van der Waals surface area contributed by atoms with Crippen molar-refractivity contribution < 1.29 is 4.79 Å². The van der Waals surface area contributed by atoms with Crippen LogP contribution in [-0.4, -0.2) is 39.9 Å². The molecule has 7 heteroatoms. The molecule has 1 amide bonds. The minimum Gasteiger partial charge on any atom is -0.351 e. The maximum Gasteiger partial charge on any atom is 0.251 e. The lowest BCUT2D eigenvalue weighted by Gasteiger charge is -2.21. The minimum absolute atomic E-state index is 0.155. The SMILES string of the molecule is O=C(NCC1CSCCS1)c1cc(Cl)nc(Cl)c1. The molecule has 0 saturated carbocycles. The van der Waals surface area contributed by atoms with Crippen LogP contribution in [0.5, 0.6) is 0 Å². The van der Waals surface area contributed by atoms with Crippen molar-refractivity contribution in [3.63, 3.8) is 0 Å². The number of nitrogens with one attached hydrogen (secondary N) is 1. The van der Waals surface area contributed by atoms with Gasteiger partial charge in [0.05, 0.1) is 0 Å². The molecule has 0 aliphatic carbocycles. The first-order chi connectivity index (χ1) is 8.65. The molecule has 1 aliphatic heterocycles. The van der Waals surface area contributed by atoms with Gasteiger partial charge in [0, 0.05) is 34.6 Å². The molecule has 2 rings (SSSR count). The van der Waals surface area contributed by atoms with Gasteiger partial charge in [0.25, 0.3) is 5.91 Å². The average molecular weight is 323 g/mol. The molecule has 1 saturated heterocycles. The van der Waals surface area contributed by atoms with E-state index in [1.165, 1.54) is 17.9 Å². The van der Waals surface area contributed by atoms with Crippen LogP contribution in [0.2, 0.25) is 10.3 Å². The van der Waals surface area contributed by atoms with Crippen LogP contribution in [0.1, 0.15) is 10.4 Å². The Bertz CT molecular complexity index is 419. The minimum atomic E-state index is -0.155. The fourth-order valence-electron chi connectivity index (χ4n) is 1.56. The molecule has 3 nitrogen and oxygen atoms in total. The van der Waals surface area contributed by atoms with Crippen LogP contribution >= 0.6 is 46.7 Å². The third-order valence-electron chi connectivity index (χ3n) is 2.40. The number of hydrogen-bond acceptors (Lipinski definition) is 4. The molecular weight excluding hydrogens is 311 g/mol. The maximum atomic E-state index is 11.9. The summed E-state index contributed by atoms with van der Waals surface area (Å²) in [6.45, 7) is 0.675. The Morgan fingerprint density at radius 3 is 2.72 bits per heavy atom. The smallest absolute Gasteiger partial charge is 0.251 e. The Morgan fingerprint density at radius 1 is 1.39 bits per heavy atom. The quantitative estimate of drug-likeness (QED) is 0.869. The van der Waals surface area contributed by atoms with Crippen molar-refractivity contribution >= 4 is 52.6 Å². The second-order valence-corrected chi connectivity index (χ2v) is 7.11. The van der Waals surface area contributed by atoms with Crippen molar-refractivity contribution in [3.8, 4) is 0 Å². The fourth-order valence-corrected chi connectivity index (χ4v) is 4.63. The molecule has 1 aliphatic rings. The van der Waals surface area contributed by atoms with Gasteiger partial charge in [-0.1, -0.05) is 23.2 Å². The van der Waals surface area contributed by atoms with E-state index in [0.29, 0.717) is 17.4 Å². The molecule has 1 aromatic heterocycles. The van der Waals surface area contributed by atoms with E-state index in [4.69, 9.17) is 23.2 Å². The third-order valence-corrected chi connectivity index (χ3v) is 5.63. The molecule has 1 fully saturated rings.